The summed E-state index contributed by atoms with van der Waals surface area (Å²) >= 11 is 5.95. The number of aromatic nitrogens is 2. The van der Waals surface area contributed by atoms with E-state index in [9.17, 15) is 0 Å². The van der Waals surface area contributed by atoms with Gasteiger partial charge in [0.25, 0.3) is 0 Å². The Morgan fingerprint density at radius 3 is 2.83 bits per heavy atom. The maximum absolute atomic E-state index is 5.95. The maximum Gasteiger partial charge on any atom is 0.140 e. The number of alkyl halides is 1. The lowest BCUT2D eigenvalue weighted by Gasteiger charge is -2.24. The van der Waals surface area contributed by atoms with Gasteiger partial charge in [0.15, 0.2) is 0 Å². The van der Waals surface area contributed by atoms with Crippen molar-refractivity contribution in [2.24, 2.45) is 0 Å². The quantitative estimate of drug-likeness (QED) is 0.786. The van der Waals surface area contributed by atoms with Crippen LogP contribution in [0.25, 0.3) is 0 Å². The SMILES string of the molecule is CCN(c1cccc(C)c1)c1ncncc1CCl. The highest BCUT2D eigenvalue weighted by Gasteiger charge is 2.12. The van der Waals surface area contributed by atoms with E-state index in [1.165, 1.54) is 5.56 Å². The van der Waals surface area contributed by atoms with Crippen molar-refractivity contribution < 1.29 is 0 Å². The Hall–Kier alpha value is -1.61. The van der Waals surface area contributed by atoms with Crippen LogP contribution in [0.2, 0.25) is 0 Å². The molecule has 0 atom stereocenters. The van der Waals surface area contributed by atoms with Gasteiger partial charge >= 0.3 is 0 Å². The summed E-state index contributed by atoms with van der Waals surface area (Å²) in [5.74, 6) is 1.30. The minimum Gasteiger partial charge on any atom is -0.326 e. The first-order chi connectivity index (χ1) is 8.76. The van der Waals surface area contributed by atoms with Crippen molar-refractivity contribution in [1.29, 1.82) is 0 Å². The van der Waals surface area contributed by atoms with Crippen LogP contribution in [0, 0.1) is 6.92 Å². The third-order valence-corrected chi connectivity index (χ3v) is 3.08. The van der Waals surface area contributed by atoms with Crippen molar-refractivity contribution in [3.8, 4) is 0 Å². The smallest absolute Gasteiger partial charge is 0.140 e. The lowest BCUT2D eigenvalue weighted by atomic mass is 10.2. The summed E-state index contributed by atoms with van der Waals surface area (Å²) < 4.78 is 0. The van der Waals surface area contributed by atoms with E-state index in [0.29, 0.717) is 5.88 Å². The van der Waals surface area contributed by atoms with E-state index in [1.54, 1.807) is 12.5 Å². The molecule has 2 aromatic rings. The fourth-order valence-corrected chi connectivity index (χ4v) is 2.13. The van der Waals surface area contributed by atoms with Crippen molar-refractivity contribution in [2.45, 2.75) is 19.7 Å². The van der Waals surface area contributed by atoms with Gasteiger partial charge in [-0.25, -0.2) is 9.97 Å². The molecule has 0 N–H and O–H groups in total. The largest absolute Gasteiger partial charge is 0.326 e. The first-order valence-electron chi connectivity index (χ1n) is 5.95. The molecule has 0 aliphatic rings. The molecule has 1 aromatic carbocycles. The Kier molecular flexibility index (Phi) is 4.15. The summed E-state index contributed by atoms with van der Waals surface area (Å²) in [7, 11) is 0. The standard InChI is InChI=1S/C14H16ClN3/c1-3-18(13-6-4-5-11(2)7-13)14-12(8-15)9-16-10-17-14/h4-7,9-10H,3,8H2,1-2H3. The van der Waals surface area contributed by atoms with Gasteiger partial charge in [-0.3, -0.25) is 0 Å². The molecular weight excluding hydrogens is 246 g/mol. The normalized spacial score (nSPS) is 10.4. The van der Waals surface area contributed by atoms with Crippen molar-refractivity contribution in [3.05, 3.63) is 47.9 Å². The zero-order valence-corrected chi connectivity index (χ0v) is 11.4. The topological polar surface area (TPSA) is 29.0 Å². The number of hydrogen-bond acceptors (Lipinski definition) is 3. The number of nitrogens with zero attached hydrogens (tertiary/aromatic N) is 3. The minimum absolute atomic E-state index is 0.415. The van der Waals surface area contributed by atoms with Gasteiger partial charge in [-0.2, -0.15) is 0 Å². The molecule has 0 unspecified atom stereocenters. The summed E-state index contributed by atoms with van der Waals surface area (Å²) in [4.78, 5) is 10.5. The molecule has 0 amide bonds. The number of aryl methyl sites for hydroxylation is 1. The Labute approximate surface area is 112 Å². The highest BCUT2D eigenvalue weighted by Crippen LogP contribution is 2.27. The van der Waals surface area contributed by atoms with Crippen molar-refractivity contribution in [1.82, 2.24) is 9.97 Å². The van der Waals surface area contributed by atoms with E-state index in [2.05, 4.69) is 53.0 Å². The number of hydrogen-bond donors (Lipinski definition) is 0. The average Bonchev–Trinajstić information content (AvgIpc) is 2.40. The van der Waals surface area contributed by atoms with Crippen molar-refractivity contribution in [2.75, 3.05) is 11.4 Å². The first-order valence-corrected chi connectivity index (χ1v) is 6.48. The molecule has 0 spiro atoms. The summed E-state index contributed by atoms with van der Waals surface area (Å²) in [6.07, 6.45) is 3.33. The summed E-state index contributed by atoms with van der Waals surface area (Å²) in [6, 6.07) is 8.36. The lowest BCUT2D eigenvalue weighted by Crippen LogP contribution is -2.19. The van der Waals surface area contributed by atoms with Crippen LogP contribution in [0.4, 0.5) is 11.5 Å². The molecule has 0 saturated carbocycles. The van der Waals surface area contributed by atoms with Crippen LogP contribution in [-0.4, -0.2) is 16.5 Å². The van der Waals surface area contributed by atoms with Crippen molar-refractivity contribution >= 4 is 23.1 Å². The summed E-state index contributed by atoms with van der Waals surface area (Å²) in [6.45, 7) is 5.02. The molecule has 18 heavy (non-hydrogen) atoms. The fourth-order valence-electron chi connectivity index (χ4n) is 1.94. The van der Waals surface area contributed by atoms with E-state index in [4.69, 9.17) is 11.6 Å². The van der Waals surface area contributed by atoms with Gasteiger partial charge in [0, 0.05) is 24.0 Å². The van der Waals surface area contributed by atoms with Crippen LogP contribution in [-0.2, 0) is 5.88 Å². The molecule has 0 aliphatic heterocycles. The van der Waals surface area contributed by atoms with Crippen LogP contribution in [0.5, 0.6) is 0 Å². The second-order valence-electron chi connectivity index (χ2n) is 4.09. The minimum atomic E-state index is 0.415. The molecule has 4 heteroatoms. The average molecular weight is 262 g/mol. The Morgan fingerprint density at radius 2 is 2.17 bits per heavy atom. The molecule has 0 radical (unpaired) electrons. The molecule has 0 aliphatic carbocycles. The molecule has 94 valence electrons. The Bertz CT molecular complexity index is 528. The lowest BCUT2D eigenvalue weighted by molar-refractivity contribution is 0.957. The van der Waals surface area contributed by atoms with E-state index in [0.717, 1.165) is 23.6 Å². The second-order valence-corrected chi connectivity index (χ2v) is 4.36. The van der Waals surface area contributed by atoms with E-state index in [-0.39, 0.29) is 0 Å². The first kappa shape index (κ1) is 12.8. The van der Waals surface area contributed by atoms with Gasteiger partial charge in [-0.1, -0.05) is 12.1 Å². The van der Waals surface area contributed by atoms with Crippen molar-refractivity contribution in [3.63, 3.8) is 0 Å². The zero-order chi connectivity index (χ0) is 13.0. The molecule has 0 bridgehead atoms. The summed E-state index contributed by atoms with van der Waals surface area (Å²) in [5.41, 5.74) is 3.30. The third-order valence-electron chi connectivity index (χ3n) is 2.79. The molecule has 1 aromatic heterocycles. The highest BCUT2D eigenvalue weighted by molar-refractivity contribution is 6.17. The van der Waals surface area contributed by atoms with Gasteiger partial charge in [0.1, 0.15) is 12.1 Å². The van der Waals surface area contributed by atoms with E-state index >= 15 is 0 Å². The van der Waals surface area contributed by atoms with Gasteiger partial charge in [-0.05, 0) is 31.5 Å². The van der Waals surface area contributed by atoms with Gasteiger partial charge in [0.05, 0.1) is 5.88 Å². The molecular formula is C14H16ClN3. The predicted octanol–water partition coefficient (Wildman–Crippen LogP) is 3.68. The summed E-state index contributed by atoms with van der Waals surface area (Å²) in [5, 5.41) is 0. The monoisotopic (exact) mass is 261 g/mol. The van der Waals surface area contributed by atoms with E-state index in [1.807, 2.05) is 0 Å². The van der Waals surface area contributed by atoms with Crippen LogP contribution < -0.4 is 4.90 Å². The highest BCUT2D eigenvalue weighted by atomic mass is 35.5. The van der Waals surface area contributed by atoms with Gasteiger partial charge in [0.2, 0.25) is 0 Å². The number of rotatable bonds is 4. The molecule has 2 rings (SSSR count). The second kappa shape index (κ2) is 5.83. The van der Waals surface area contributed by atoms with Crippen LogP contribution >= 0.6 is 11.6 Å². The van der Waals surface area contributed by atoms with E-state index < -0.39 is 0 Å². The van der Waals surface area contributed by atoms with Gasteiger partial charge in [-0.15, -0.1) is 11.6 Å². The fraction of sp³-hybridized carbons (Fsp3) is 0.286. The maximum atomic E-state index is 5.95. The molecule has 0 fully saturated rings. The van der Waals surface area contributed by atoms with Gasteiger partial charge < -0.3 is 4.90 Å². The molecule has 0 saturated heterocycles. The third kappa shape index (κ3) is 2.62. The number of anilines is 2. The zero-order valence-electron chi connectivity index (χ0n) is 10.6. The molecule has 3 nitrogen and oxygen atoms in total. The Balaban J connectivity index is 2.45. The predicted molar refractivity (Wildman–Crippen MR) is 75.4 cm³/mol. The van der Waals surface area contributed by atoms with Crippen LogP contribution in [0.1, 0.15) is 18.1 Å². The number of benzene rings is 1. The number of halogens is 1. The van der Waals surface area contributed by atoms with Crippen LogP contribution in [0.15, 0.2) is 36.8 Å². The van der Waals surface area contributed by atoms with Crippen LogP contribution in [0.3, 0.4) is 0 Å². The Morgan fingerprint density at radius 1 is 1.33 bits per heavy atom. The molecule has 1 heterocycles.